The van der Waals surface area contributed by atoms with Crippen LogP contribution in [0.5, 0.6) is 0 Å². The van der Waals surface area contributed by atoms with Gasteiger partial charge in [-0.2, -0.15) is 0 Å². The van der Waals surface area contributed by atoms with Crippen molar-refractivity contribution in [3.63, 3.8) is 0 Å². The molecule has 0 nitrogen and oxygen atoms in total. The zero-order valence-electron chi connectivity index (χ0n) is 20.9. The fraction of sp³-hybridized carbons (Fsp3) is 0.0526. The maximum absolute atomic E-state index is 2.40. The third-order valence-electron chi connectivity index (χ3n) is 8.95. The standard InChI is InChI=1S/C38H24/c1-4-23-10-12-27-14-18-31(33-20-16-25(6-1)35(23)37(27)33)29-8-3-9-30(22-29)32-19-15-28-13-11-24-5-2-7-26-17-21-34(32)38(28)36(24)26/h1-22,27,37H. The first kappa shape index (κ1) is 20.4. The molecule has 0 saturated carbocycles. The molecule has 0 amide bonds. The van der Waals surface area contributed by atoms with Crippen LogP contribution in [-0.4, -0.2) is 0 Å². The zero-order chi connectivity index (χ0) is 24.8. The highest BCUT2D eigenvalue weighted by Gasteiger charge is 2.34. The minimum atomic E-state index is 0.398. The monoisotopic (exact) mass is 480 g/mol. The summed E-state index contributed by atoms with van der Waals surface area (Å²) in [6.07, 6.45) is 14.1. The minimum absolute atomic E-state index is 0.398. The molecule has 38 heavy (non-hydrogen) atoms. The quantitative estimate of drug-likeness (QED) is 0.216. The van der Waals surface area contributed by atoms with E-state index < -0.39 is 0 Å². The molecule has 0 bridgehead atoms. The van der Waals surface area contributed by atoms with Crippen LogP contribution in [0.1, 0.15) is 28.2 Å². The summed E-state index contributed by atoms with van der Waals surface area (Å²) in [6, 6.07) is 36.2. The average Bonchev–Trinajstić information content (AvgIpc) is 2.98. The molecular weight excluding hydrogens is 456 g/mol. The van der Waals surface area contributed by atoms with Crippen molar-refractivity contribution in [3.8, 4) is 11.1 Å². The maximum Gasteiger partial charge on any atom is 0.0205 e. The van der Waals surface area contributed by atoms with Gasteiger partial charge in [0.15, 0.2) is 0 Å². The van der Waals surface area contributed by atoms with Crippen molar-refractivity contribution in [1.82, 2.24) is 0 Å². The zero-order valence-corrected chi connectivity index (χ0v) is 20.9. The van der Waals surface area contributed by atoms with Crippen LogP contribution in [0.25, 0.3) is 61.2 Å². The number of allylic oxidation sites excluding steroid dienone is 6. The fourth-order valence-corrected chi connectivity index (χ4v) is 7.26. The Balaban J connectivity index is 1.24. The Bertz CT molecular complexity index is 2060. The molecule has 176 valence electrons. The van der Waals surface area contributed by atoms with Gasteiger partial charge in [-0.1, -0.05) is 127 Å². The molecule has 9 rings (SSSR count). The van der Waals surface area contributed by atoms with Gasteiger partial charge >= 0.3 is 0 Å². The molecule has 0 radical (unpaired) electrons. The van der Waals surface area contributed by atoms with E-state index in [2.05, 4.69) is 134 Å². The molecule has 0 heteroatoms. The van der Waals surface area contributed by atoms with E-state index in [4.69, 9.17) is 0 Å². The lowest BCUT2D eigenvalue weighted by Crippen LogP contribution is -2.21. The van der Waals surface area contributed by atoms with E-state index in [1.54, 1.807) is 0 Å². The van der Waals surface area contributed by atoms with E-state index in [1.807, 2.05) is 0 Å². The van der Waals surface area contributed by atoms with Gasteiger partial charge in [-0.25, -0.2) is 0 Å². The number of benzene rings is 6. The lowest BCUT2D eigenvalue weighted by molar-refractivity contribution is 0.667. The van der Waals surface area contributed by atoms with Crippen molar-refractivity contribution in [3.05, 3.63) is 149 Å². The van der Waals surface area contributed by atoms with Crippen LogP contribution in [-0.2, 0) is 0 Å². The van der Waals surface area contributed by atoms with Gasteiger partial charge in [0.1, 0.15) is 0 Å². The van der Waals surface area contributed by atoms with E-state index in [0.29, 0.717) is 11.8 Å². The molecule has 0 saturated heterocycles. The molecule has 0 heterocycles. The minimum Gasteiger partial charge on any atom is -0.0761 e. The number of hydrogen-bond donors (Lipinski definition) is 0. The van der Waals surface area contributed by atoms with Crippen molar-refractivity contribution < 1.29 is 0 Å². The number of hydrogen-bond acceptors (Lipinski definition) is 0. The van der Waals surface area contributed by atoms with Crippen LogP contribution in [0.4, 0.5) is 0 Å². The Morgan fingerprint density at radius 1 is 0.500 bits per heavy atom. The first-order chi connectivity index (χ1) is 18.8. The van der Waals surface area contributed by atoms with E-state index in [0.717, 1.165) is 0 Å². The van der Waals surface area contributed by atoms with Gasteiger partial charge < -0.3 is 0 Å². The van der Waals surface area contributed by atoms with Gasteiger partial charge in [0.25, 0.3) is 0 Å². The van der Waals surface area contributed by atoms with Gasteiger partial charge in [-0.05, 0) is 82.9 Å². The average molecular weight is 481 g/mol. The molecule has 0 aliphatic heterocycles. The lowest BCUT2D eigenvalue weighted by Gasteiger charge is -2.36. The second-order valence-corrected chi connectivity index (χ2v) is 10.9. The van der Waals surface area contributed by atoms with Gasteiger partial charge in [0.05, 0.1) is 0 Å². The molecule has 3 aliphatic rings. The van der Waals surface area contributed by atoms with Crippen LogP contribution in [0.2, 0.25) is 0 Å². The van der Waals surface area contributed by atoms with Crippen molar-refractivity contribution in [2.24, 2.45) is 5.92 Å². The SMILES string of the molecule is C1=CC2C=Cc3cccc4c3C2C(=C1c1cccc(-c2ccc3ccc5cccc6ccc2c3c56)c1)C=C4. The normalized spacial score (nSPS) is 19.2. The summed E-state index contributed by atoms with van der Waals surface area (Å²) in [5.41, 5.74) is 10.9. The Labute approximate surface area is 221 Å². The third-order valence-corrected chi connectivity index (χ3v) is 8.95. The van der Waals surface area contributed by atoms with Gasteiger partial charge in [-0.15, -0.1) is 0 Å². The predicted octanol–water partition coefficient (Wildman–Crippen LogP) is 10.0. The van der Waals surface area contributed by atoms with E-state index in [1.165, 1.54) is 76.8 Å². The van der Waals surface area contributed by atoms with Crippen LogP contribution < -0.4 is 0 Å². The topological polar surface area (TPSA) is 0 Å². The van der Waals surface area contributed by atoms with Gasteiger partial charge in [0.2, 0.25) is 0 Å². The van der Waals surface area contributed by atoms with Gasteiger partial charge in [0, 0.05) is 11.8 Å². The first-order valence-electron chi connectivity index (χ1n) is 13.5. The van der Waals surface area contributed by atoms with Crippen LogP contribution in [0.3, 0.4) is 0 Å². The highest BCUT2D eigenvalue weighted by Crippen LogP contribution is 2.50. The maximum atomic E-state index is 2.40. The van der Waals surface area contributed by atoms with E-state index in [-0.39, 0.29) is 0 Å². The largest absolute Gasteiger partial charge is 0.0761 e. The molecule has 2 unspecified atom stereocenters. The summed E-state index contributed by atoms with van der Waals surface area (Å²) in [7, 11) is 0. The van der Waals surface area contributed by atoms with Crippen LogP contribution in [0, 0.1) is 5.92 Å². The first-order valence-corrected chi connectivity index (χ1v) is 13.5. The van der Waals surface area contributed by atoms with Crippen molar-refractivity contribution >= 4 is 50.0 Å². The highest BCUT2D eigenvalue weighted by molar-refractivity contribution is 6.25. The summed E-state index contributed by atoms with van der Waals surface area (Å²) in [4.78, 5) is 0. The fourth-order valence-electron chi connectivity index (χ4n) is 7.26. The summed E-state index contributed by atoms with van der Waals surface area (Å²) >= 11 is 0. The predicted molar refractivity (Wildman–Crippen MR) is 162 cm³/mol. The molecular formula is C38H24. The third kappa shape index (κ3) is 2.70. The summed E-state index contributed by atoms with van der Waals surface area (Å²) < 4.78 is 0. The molecule has 0 fully saturated rings. The lowest BCUT2D eigenvalue weighted by atomic mass is 9.67. The summed E-state index contributed by atoms with van der Waals surface area (Å²) in [5, 5.41) is 8.01. The number of rotatable bonds is 2. The van der Waals surface area contributed by atoms with Crippen LogP contribution in [0.15, 0.2) is 127 Å². The Hall–Kier alpha value is -4.68. The molecule has 3 aliphatic carbocycles. The molecule has 0 aromatic heterocycles. The molecule has 0 spiro atoms. The molecule has 6 aromatic rings. The Morgan fingerprint density at radius 2 is 1.18 bits per heavy atom. The Kier molecular flexibility index (Phi) is 3.99. The smallest absolute Gasteiger partial charge is 0.0205 e. The van der Waals surface area contributed by atoms with Crippen molar-refractivity contribution in [2.45, 2.75) is 5.92 Å². The van der Waals surface area contributed by atoms with Crippen molar-refractivity contribution in [2.75, 3.05) is 0 Å². The van der Waals surface area contributed by atoms with Crippen molar-refractivity contribution in [1.29, 1.82) is 0 Å². The van der Waals surface area contributed by atoms with Crippen LogP contribution >= 0.6 is 0 Å². The summed E-state index contributed by atoms with van der Waals surface area (Å²) in [6.45, 7) is 0. The molecule has 6 aromatic carbocycles. The Morgan fingerprint density at radius 3 is 2.08 bits per heavy atom. The second-order valence-electron chi connectivity index (χ2n) is 10.9. The van der Waals surface area contributed by atoms with E-state index in [9.17, 15) is 0 Å². The summed E-state index contributed by atoms with van der Waals surface area (Å²) in [5.74, 6) is 0.822. The second kappa shape index (κ2) is 7.43. The molecule has 2 atom stereocenters. The van der Waals surface area contributed by atoms with Gasteiger partial charge in [-0.3, -0.25) is 0 Å². The highest BCUT2D eigenvalue weighted by atomic mass is 14.4. The molecule has 0 N–H and O–H groups in total. The van der Waals surface area contributed by atoms with E-state index >= 15 is 0 Å².